The Morgan fingerprint density at radius 2 is 2.11 bits per heavy atom. The number of hydrogen-bond donors (Lipinski definition) is 2. The first kappa shape index (κ1) is 15.1. The van der Waals surface area contributed by atoms with E-state index in [0.717, 1.165) is 17.8 Å². The lowest BCUT2D eigenvalue weighted by atomic mass is 9.75. The van der Waals surface area contributed by atoms with Crippen LogP contribution in [0.4, 0.5) is 0 Å². The average Bonchev–Trinajstić information content (AvgIpc) is 2.54. The van der Waals surface area contributed by atoms with Gasteiger partial charge in [0.05, 0.1) is 10.8 Å². The fraction of sp³-hybridized carbons (Fsp3) is 0.500. The van der Waals surface area contributed by atoms with E-state index in [1.54, 1.807) is 0 Å². The normalized spacial score (nSPS) is 18.0. The lowest BCUT2D eigenvalue weighted by molar-refractivity contribution is -0.139. The van der Waals surface area contributed by atoms with Gasteiger partial charge in [0.1, 0.15) is 9.23 Å². The summed E-state index contributed by atoms with van der Waals surface area (Å²) in [6.07, 6.45) is 1.58. The van der Waals surface area contributed by atoms with Gasteiger partial charge in [0.2, 0.25) is 10.0 Å². The average molecular weight is 344 g/mol. The second kappa shape index (κ2) is 5.21. The number of carbonyl (C=O) groups is 1. The maximum atomic E-state index is 12.2. The molecule has 1 aromatic heterocycles. The lowest BCUT2D eigenvalue weighted by Gasteiger charge is -2.40. The van der Waals surface area contributed by atoms with E-state index in [-0.39, 0.29) is 20.0 Å². The van der Waals surface area contributed by atoms with Crippen LogP contribution in [0.2, 0.25) is 8.67 Å². The molecule has 0 aromatic carbocycles. The van der Waals surface area contributed by atoms with Crippen molar-refractivity contribution in [2.75, 3.05) is 0 Å². The van der Waals surface area contributed by atoms with Gasteiger partial charge in [-0.3, -0.25) is 4.79 Å². The molecule has 0 atom stereocenters. The first-order valence-corrected chi connectivity index (χ1v) is 8.50. The van der Waals surface area contributed by atoms with Crippen LogP contribution in [0.5, 0.6) is 0 Å². The van der Waals surface area contributed by atoms with Crippen LogP contribution in [-0.2, 0) is 14.8 Å². The second-order valence-corrected chi connectivity index (χ2v) is 8.43. The van der Waals surface area contributed by atoms with Crippen molar-refractivity contribution in [3.8, 4) is 0 Å². The van der Waals surface area contributed by atoms with Crippen molar-refractivity contribution in [1.82, 2.24) is 4.72 Å². The Morgan fingerprint density at radius 1 is 1.47 bits per heavy atom. The number of sulfonamides is 1. The molecule has 1 fully saturated rings. The molecule has 1 aliphatic rings. The van der Waals surface area contributed by atoms with Crippen molar-refractivity contribution in [1.29, 1.82) is 0 Å². The number of carboxylic acids is 1. The third-order valence-electron chi connectivity index (χ3n) is 3.07. The fourth-order valence-electron chi connectivity index (χ4n) is 2.06. The Balaban J connectivity index is 2.26. The number of thiophene rings is 1. The molecule has 1 aliphatic carbocycles. The Kier molecular flexibility index (Phi) is 4.13. The smallest absolute Gasteiger partial charge is 0.305 e. The Labute approximate surface area is 124 Å². The molecule has 19 heavy (non-hydrogen) atoms. The molecule has 5 nitrogen and oxygen atoms in total. The monoisotopic (exact) mass is 343 g/mol. The Morgan fingerprint density at radius 3 is 2.47 bits per heavy atom. The topological polar surface area (TPSA) is 83.5 Å². The molecule has 1 heterocycles. The van der Waals surface area contributed by atoms with E-state index < -0.39 is 21.5 Å². The summed E-state index contributed by atoms with van der Waals surface area (Å²) in [4.78, 5) is 10.7. The summed E-state index contributed by atoms with van der Waals surface area (Å²) in [6.45, 7) is 0. The number of halogens is 2. The van der Waals surface area contributed by atoms with E-state index >= 15 is 0 Å². The molecule has 0 saturated heterocycles. The van der Waals surface area contributed by atoms with Gasteiger partial charge >= 0.3 is 5.97 Å². The minimum atomic E-state index is -3.85. The van der Waals surface area contributed by atoms with Crippen molar-refractivity contribution in [3.63, 3.8) is 0 Å². The van der Waals surface area contributed by atoms with Crippen LogP contribution in [-0.4, -0.2) is 25.0 Å². The molecule has 0 bridgehead atoms. The molecule has 0 unspecified atom stereocenters. The van der Waals surface area contributed by atoms with Crippen molar-refractivity contribution in [2.45, 2.75) is 36.1 Å². The van der Waals surface area contributed by atoms with Crippen molar-refractivity contribution < 1.29 is 18.3 Å². The van der Waals surface area contributed by atoms with E-state index in [1.165, 1.54) is 6.07 Å². The van der Waals surface area contributed by atoms with Crippen LogP contribution in [0.1, 0.15) is 25.7 Å². The first-order chi connectivity index (χ1) is 8.74. The summed E-state index contributed by atoms with van der Waals surface area (Å²) < 4.78 is 27.2. The maximum absolute atomic E-state index is 12.2. The minimum Gasteiger partial charge on any atom is -0.481 e. The van der Waals surface area contributed by atoms with E-state index in [2.05, 4.69) is 4.72 Å². The molecule has 0 aliphatic heterocycles. The van der Waals surface area contributed by atoms with Crippen LogP contribution in [0, 0.1) is 0 Å². The third-order valence-corrected chi connectivity index (χ3v) is 6.40. The van der Waals surface area contributed by atoms with Crippen LogP contribution < -0.4 is 4.72 Å². The number of rotatable bonds is 5. The van der Waals surface area contributed by atoms with Crippen LogP contribution in [0.15, 0.2) is 11.0 Å². The van der Waals surface area contributed by atoms with E-state index in [0.29, 0.717) is 12.8 Å². The SMILES string of the molecule is O=C(O)CC1(NS(=O)(=O)c2cc(Cl)sc2Cl)CCC1. The molecule has 0 spiro atoms. The zero-order valence-electron chi connectivity index (χ0n) is 9.65. The standard InChI is InChI=1S/C10H11Cl2NO4S2/c11-7-4-6(9(12)18-7)19(16,17)13-10(2-1-3-10)5-8(14)15/h4,13H,1-3,5H2,(H,14,15). The van der Waals surface area contributed by atoms with Gasteiger partial charge in [0.15, 0.2) is 0 Å². The predicted octanol–water partition coefficient (Wildman–Crippen LogP) is 2.73. The van der Waals surface area contributed by atoms with Gasteiger partial charge in [-0.2, -0.15) is 0 Å². The summed E-state index contributed by atoms with van der Waals surface area (Å²) in [6, 6.07) is 1.27. The summed E-state index contributed by atoms with van der Waals surface area (Å²) >= 11 is 12.5. The molecule has 0 amide bonds. The molecule has 0 radical (unpaired) electrons. The van der Waals surface area contributed by atoms with E-state index in [9.17, 15) is 13.2 Å². The van der Waals surface area contributed by atoms with E-state index in [1.807, 2.05) is 0 Å². The highest BCUT2D eigenvalue weighted by atomic mass is 35.5. The van der Waals surface area contributed by atoms with Gasteiger partial charge in [-0.25, -0.2) is 13.1 Å². The Bertz CT molecular complexity index is 607. The van der Waals surface area contributed by atoms with Crippen molar-refractivity contribution in [3.05, 3.63) is 14.7 Å². The highest BCUT2D eigenvalue weighted by Crippen LogP contribution is 2.39. The minimum absolute atomic E-state index is 0.0716. The Hall–Kier alpha value is -0.340. The predicted molar refractivity (Wildman–Crippen MR) is 73.5 cm³/mol. The fourth-order valence-corrected chi connectivity index (χ4v) is 5.67. The van der Waals surface area contributed by atoms with Gasteiger partial charge in [0, 0.05) is 5.54 Å². The molecule has 2 rings (SSSR count). The zero-order chi connectivity index (χ0) is 14.3. The number of aliphatic carboxylic acids is 1. The summed E-state index contributed by atoms with van der Waals surface area (Å²) in [5.41, 5.74) is -0.900. The highest BCUT2D eigenvalue weighted by Gasteiger charge is 2.43. The molecule has 106 valence electrons. The summed E-state index contributed by atoms with van der Waals surface area (Å²) in [5, 5.41) is 8.86. The van der Waals surface area contributed by atoms with Crippen molar-refractivity contribution in [2.24, 2.45) is 0 Å². The summed E-state index contributed by atoms with van der Waals surface area (Å²) in [5.74, 6) is -1.03. The number of hydrogen-bond acceptors (Lipinski definition) is 4. The van der Waals surface area contributed by atoms with Gasteiger partial charge in [-0.15, -0.1) is 11.3 Å². The highest BCUT2D eigenvalue weighted by molar-refractivity contribution is 7.89. The van der Waals surface area contributed by atoms with Crippen LogP contribution >= 0.6 is 34.5 Å². The number of nitrogens with one attached hydrogen (secondary N) is 1. The molecular weight excluding hydrogens is 333 g/mol. The molecule has 2 N–H and O–H groups in total. The molecule has 1 saturated carbocycles. The third kappa shape index (κ3) is 3.22. The largest absolute Gasteiger partial charge is 0.481 e. The molecular formula is C10H11Cl2NO4S2. The van der Waals surface area contributed by atoms with Gasteiger partial charge in [-0.1, -0.05) is 23.2 Å². The molecule has 1 aromatic rings. The second-order valence-electron chi connectivity index (χ2n) is 4.50. The first-order valence-electron chi connectivity index (χ1n) is 5.45. The van der Waals surface area contributed by atoms with Crippen LogP contribution in [0.25, 0.3) is 0 Å². The van der Waals surface area contributed by atoms with Crippen LogP contribution in [0.3, 0.4) is 0 Å². The number of carboxylic acid groups (broad SMARTS) is 1. The molecule has 9 heteroatoms. The van der Waals surface area contributed by atoms with Gasteiger partial charge in [-0.05, 0) is 25.3 Å². The zero-order valence-corrected chi connectivity index (χ0v) is 12.8. The van der Waals surface area contributed by atoms with Gasteiger partial charge < -0.3 is 5.11 Å². The van der Waals surface area contributed by atoms with Gasteiger partial charge in [0.25, 0.3) is 0 Å². The maximum Gasteiger partial charge on any atom is 0.305 e. The summed E-state index contributed by atoms with van der Waals surface area (Å²) in [7, 11) is -3.85. The quantitative estimate of drug-likeness (QED) is 0.860. The van der Waals surface area contributed by atoms with Crippen molar-refractivity contribution >= 4 is 50.5 Å². The lowest BCUT2D eigenvalue weighted by Crippen LogP contribution is -2.54. The van der Waals surface area contributed by atoms with E-state index in [4.69, 9.17) is 28.3 Å².